The first-order valence-electron chi connectivity index (χ1n) is 7.65. The van der Waals surface area contributed by atoms with Gasteiger partial charge in [-0.15, -0.1) is 0 Å². The normalized spacial score (nSPS) is 14.8. The predicted octanol–water partition coefficient (Wildman–Crippen LogP) is 1.71. The highest BCUT2D eigenvalue weighted by atomic mass is 16.2. The van der Waals surface area contributed by atoms with E-state index in [1.807, 2.05) is 32.0 Å². The Morgan fingerprint density at radius 2 is 1.95 bits per heavy atom. The highest BCUT2D eigenvalue weighted by molar-refractivity contribution is 6.02. The van der Waals surface area contributed by atoms with Gasteiger partial charge in [0, 0.05) is 25.3 Å². The molecule has 1 fully saturated rings. The molecule has 1 N–H and O–H groups in total. The van der Waals surface area contributed by atoms with Gasteiger partial charge in [0.1, 0.15) is 0 Å². The van der Waals surface area contributed by atoms with Crippen LogP contribution >= 0.6 is 0 Å². The third-order valence-electron chi connectivity index (χ3n) is 3.77. The van der Waals surface area contributed by atoms with Gasteiger partial charge >= 0.3 is 0 Å². The topological polar surface area (TPSA) is 66.7 Å². The molecule has 0 unspecified atom stereocenters. The van der Waals surface area contributed by atoms with Crippen LogP contribution in [-0.4, -0.2) is 45.2 Å². The number of rotatable bonds is 3. The molecule has 2 aromatic rings. The quantitative estimate of drug-likeness (QED) is 0.938. The number of fused-ring (bicyclic) bond motifs is 1. The molecule has 6 nitrogen and oxygen atoms in total. The zero-order valence-corrected chi connectivity index (χ0v) is 12.9. The van der Waals surface area contributed by atoms with Crippen molar-refractivity contribution >= 4 is 17.3 Å². The Kier molecular flexibility index (Phi) is 3.83. The van der Waals surface area contributed by atoms with Gasteiger partial charge in [0.2, 0.25) is 5.82 Å². The summed E-state index contributed by atoms with van der Waals surface area (Å²) in [6.45, 7) is 5.31. The standard InChI is InChI=1S/C16H20N4O2/c1-11(2)17-15(21)14-18-13(12-7-3-4-10-20(12)14)16(22)19-8-5-6-9-19/h3-4,7,10-11H,5-6,8-9H2,1-2H3,(H,17,21). The summed E-state index contributed by atoms with van der Waals surface area (Å²) in [5.74, 6) is -0.103. The summed E-state index contributed by atoms with van der Waals surface area (Å²) in [5, 5.41) is 2.83. The van der Waals surface area contributed by atoms with Crippen LogP contribution in [-0.2, 0) is 0 Å². The molecular weight excluding hydrogens is 280 g/mol. The van der Waals surface area contributed by atoms with Gasteiger partial charge in [-0.1, -0.05) is 6.07 Å². The molecule has 0 aliphatic carbocycles. The van der Waals surface area contributed by atoms with Crippen LogP contribution in [0.3, 0.4) is 0 Å². The van der Waals surface area contributed by atoms with E-state index < -0.39 is 0 Å². The van der Waals surface area contributed by atoms with Crippen molar-refractivity contribution in [2.45, 2.75) is 32.7 Å². The van der Waals surface area contributed by atoms with Gasteiger partial charge in [0.25, 0.3) is 11.8 Å². The van der Waals surface area contributed by atoms with Crippen molar-refractivity contribution in [3.8, 4) is 0 Å². The molecule has 3 heterocycles. The summed E-state index contributed by atoms with van der Waals surface area (Å²) >= 11 is 0. The summed E-state index contributed by atoms with van der Waals surface area (Å²) in [6, 6.07) is 5.51. The fourth-order valence-corrected chi connectivity index (χ4v) is 2.75. The second-order valence-corrected chi connectivity index (χ2v) is 5.87. The van der Waals surface area contributed by atoms with E-state index in [0.717, 1.165) is 25.9 Å². The summed E-state index contributed by atoms with van der Waals surface area (Å²) < 4.78 is 1.68. The second-order valence-electron chi connectivity index (χ2n) is 5.87. The maximum absolute atomic E-state index is 12.6. The minimum atomic E-state index is -0.267. The number of pyridine rings is 1. The van der Waals surface area contributed by atoms with Crippen LogP contribution < -0.4 is 5.32 Å². The molecule has 1 aliphatic heterocycles. The van der Waals surface area contributed by atoms with Gasteiger partial charge in [-0.3, -0.25) is 14.0 Å². The third-order valence-corrected chi connectivity index (χ3v) is 3.77. The fourth-order valence-electron chi connectivity index (χ4n) is 2.75. The average molecular weight is 300 g/mol. The Hall–Kier alpha value is -2.37. The number of carbonyl (C=O) groups is 2. The second kappa shape index (κ2) is 5.79. The Labute approximate surface area is 129 Å². The van der Waals surface area contributed by atoms with Crippen LogP contribution in [0.5, 0.6) is 0 Å². The molecular formula is C16H20N4O2. The smallest absolute Gasteiger partial charge is 0.287 e. The van der Waals surface area contributed by atoms with Gasteiger partial charge in [0.05, 0.1) is 5.52 Å². The van der Waals surface area contributed by atoms with Crippen molar-refractivity contribution in [3.63, 3.8) is 0 Å². The highest BCUT2D eigenvalue weighted by Gasteiger charge is 2.26. The summed E-state index contributed by atoms with van der Waals surface area (Å²) in [7, 11) is 0. The van der Waals surface area contributed by atoms with Crippen LogP contribution in [0.2, 0.25) is 0 Å². The van der Waals surface area contributed by atoms with E-state index in [9.17, 15) is 9.59 Å². The van der Waals surface area contributed by atoms with Crippen LogP contribution in [0.1, 0.15) is 47.8 Å². The summed E-state index contributed by atoms with van der Waals surface area (Å²) in [4.78, 5) is 31.1. The molecule has 22 heavy (non-hydrogen) atoms. The first kappa shape index (κ1) is 14.6. The monoisotopic (exact) mass is 300 g/mol. The molecule has 0 aromatic carbocycles. The van der Waals surface area contributed by atoms with Crippen molar-refractivity contribution in [1.29, 1.82) is 0 Å². The number of likely N-dealkylation sites (tertiary alicyclic amines) is 1. The molecule has 0 atom stereocenters. The largest absolute Gasteiger partial charge is 0.347 e. The van der Waals surface area contributed by atoms with E-state index in [4.69, 9.17) is 0 Å². The van der Waals surface area contributed by atoms with Crippen LogP contribution in [0.15, 0.2) is 24.4 Å². The van der Waals surface area contributed by atoms with E-state index in [1.165, 1.54) is 0 Å². The molecule has 0 radical (unpaired) electrons. The van der Waals surface area contributed by atoms with Crippen LogP contribution in [0.4, 0.5) is 0 Å². The Morgan fingerprint density at radius 1 is 1.23 bits per heavy atom. The van der Waals surface area contributed by atoms with E-state index in [0.29, 0.717) is 11.2 Å². The first-order valence-corrected chi connectivity index (χ1v) is 7.65. The molecule has 0 spiro atoms. The molecule has 2 amide bonds. The van der Waals surface area contributed by atoms with Crippen molar-refractivity contribution in [3.05, 3.63) is 35.9 Å². The van der Waals surface area contributed by atoms with Gasteiger partial charge in [-0.2, -0.15) is 0 Å². The van der Waals surface area contributed by atoms with Crippen LogP contribution in [0, 0.1) is 0 Å². The molecule has 3 rings (SSSR count). The molecule has 1 aliphatic rings. The van der Waals surface area contributed by atoms with Gasteiger partial charge < -0.3 is 10.2 Å². The maximum Gasteiger partial charge on any atom is 0.287 e. The van der Waals surface area contributed by atoms with Crippen molar-refractivity contribution in [1.82, 2.24) is 19.6 Å². The van der Waals surface area contributed by atoms with E-state index in [-0.39, 0.29) is 23.7 Å². The highest BCUT2D eigenvalue weighted by Crippen LogP contribution is 2.18. The molecule has 1 saturated heterocycles. The van der Waals surface area contributed by atoms with E-state index in [1.54, 1.807) is 15.5 Å². The molecule has 116 valence electrons. The number of carbonyl (C=O) groups excluding carboxylic acids is 2. The van der Waals surface area contributed by atoms with E-state index >= 15 is 0 Å². The fraction of sp³-hybridized carbons (Fsp3) is 0.438. The lowest BCUT2D eigenvalue weighted by Gasteiger charge is -2.13. The lowest BCUT2D eigenvalue weighted by molar-refractivity contribution is 0.0789. The van der Waals surface area contributed by atoms with Crippen molar-refractivity contribution in [2.24, 2.45) is 0 Å². The minimum absolute atomic E-state index is 0.0151. The number of nitrogens with zero attached hydrogens (tertiary/aromatic N) is 3. The first-order chi connectivity index (χ1) is 10.6. The third kappa shape index (κ3) is 2.56. The Bertz CT molecular complexity index is 714. The number of imidazole rings is 1. The van der Waals surface area contributed by atoms with Crippen molar-refractivity contribution in [2.75, 3.05) is 13.1 Å². The Balaban J connectivity index is 2.04. The number of hydrogen-bond acceptors (Lipinski definition) is 3. The molecule has 2 aromatic heterocycles. The zero-order chi connectivity index (χ0) is 15.7. The van der Waals surface area contributed by atoms with Crippen LogP contribution in [0.25, 0.3) is 5.52 Å². The van der Waals surface area contributed by atoms with Gasteiger partial charge in [-0.25, -0.2) is 4.98 Å². The summed E-state index contributed by atoms with van der Waals surface area (Å²) in [5.41, 5.74) is 1.03. The lowest BCUT2D eigenvalue weighted by atomic mass is 10.3. The van der Waals surface area contributed by atoms with Crippen molar-refractivity contribution < 1.29 is 9.59 Å². The average Bonchev–Trinajstić information content (AvgIpc) is 3.14. The summed E-state index contributed by atoms with van der Waals surface area (Å²) in [6.07, 6.45) is 3.81. The predicted molar refractivity (Wildman–Crippen MR) is 82.9 cm³/mol. The molecule has 6 heteroatoms. The number of nitrogens with one attached hydrogen (secondary N) is 1. The maximum atomic E-state index is 12.6. The molecule has 0 bridgehead atoms. The minimum Gasteiger partial charge on any atom is -0.347 e. The number of hydrogen-bond donors (Lipinski definition) is 1. The SMILES string of the molecule is CC(C)NC(=O)c1nc(C(=O)N2CCCC2)c2ccccn12. The lowest BCUT2D eigenvalue weighted by Crippen LogP contribution is -2.32. The Morgan fingerprint density at radius 3 is 2.64 bits per heavy atom. The van der Waals surface area contributed by atoms with Gasteiger partial charge in [0.15, 0.2) is 5.69 Å². The number of amides is 2. The van der Waals surface area contributed by atoms with Gasteiger partial charge in [-0.05, 0) is 38.8 Å². The number of aromatic nitrogens is 2. The van der Waals surface area contributed by atoms with E-state index in [2.05, 4.69) is 10.3 Å². The molecule has 0 saturated carbocycles. The zero-order valence-electron chi connectivity index (χ0n) is 12.9.